The molecule has 1 atom stereocenters. The largest absolute Gasteiger partial charge is 0.504 e. The Morgan fingerprint density at radius 2 is 1.87 bits per heavy atom. The van der Waals surface area contributed by atoms with Gasteiger partial charge in [-0.15, -0.1) is 0 Å². The van der Waals surface area contributed by atoms with Gasteiger partial charge in [0.1, 0.15) is 5.82 Å². The number of aromatic hydroxyl groups is 2. The Hall–Kier alpha value is -3.06. The van der Waals surface area contributed by atoms with Crippen molar-refractivity contribution in [2.75, 3.05) is 30.9 Å². The van der Waals surface area contributed by atoms with Crippen molar-refractivity contribution in [2.24, 2.45) is 0 Å². The maximum Gasteiger partial charge on any atom is 0.227 e. The Morgan fingerprint density at radius 3 is 2.60 bits per heavy atom. The minimum absolute atomic E-state index is 0.151. The maximum absolute atomic E-state index is 9.83. The zero-order valence-corrected chi connectivity index (χ0v) is 17.4. The number of likely N-dealkylation sites (N-methyl/N-ethyl adjacent to an activating group) is 1. The van der Waals surface area contributed by atoms with Crippen LogP contribution in [0, 0.1) is 0 Å². The third kappa shape index (κ3) is 4.26. The molecule has 0 amide bonds. The first-order valence-electron chi connectivity index (χ1n) is 10.3. The molecule has 3 aromatic rings. The lowest BCUT2D eigenvalue weighted by Crippen LogP contribution is -2.27. The van der Waals surface area contributed by atoms with Crippen LogP contribution in [-0.4, -0.2) is 46.9 Å². The Kier molecular flexibility index (Phi) is 5.90. The van der Waals surface area contributed by atoms with E-state index in [9.17, 15) is 10.2 Å². The number of methoxy groups -OCH3 is 1. The quantitative estimate of drug-likeness (QED) is 0.504. The van der Waals surface area contributed by atoms with Crippen LogP contribution < -0.4 is 10.2 Å². The molecule has 1 unspecified atom stereocenters. The molecule has 0 spiro atoms. The number of phenolic OH excluding ortho intramolecular Hbond substituents is 2. The number of rotatable bonds is 7. The number of benzene rings is 2. The summed E-state index contributed by atoms with van der Waals surface area (Å²) in [6.45, 7) is 0.488. The SMILES string of the molecule is COC(CN(C)c1nc(NC2CCCC2)c2ccccc2n1)c1ccc(O)c(O)c1. The van der Waals surface area contributed by atoms with E-state index in [4.69, 9.17) is 14.7 Å². The fourth-order valence-electron chi connectivity index (χ4n) is 4.00. The van der Waals surface area contributed by atoms with Crippen LogP contribution in [0.15, 0.2) is 42.5 Å². The van der Waals surface area contributed by atoms with Crippen LogP contribution in [0.2, 0.25) is 0 Å². The van der Waals surface area contributed by atoms with Crippen molar-refractivity contribution in [1.82, 2.24) is 9.97 Å². The average Bonchev–Trinajstić information content (AvgIpc) is 3.27. The summed E-state index contributed by atoms with van der Waals surface area (Å²) in [7, 11) is 3.55. The molecule has 0 bridgehead atoms. The van der Waals surface area contributed by atoms with Gasteiger partial charge in [0.15, 0.2) is 11.5 Å². The van der Waals surface area contributed by atoms with Crippen LogP contribution in [0.1, 0.15) is 37.4 Å². The topological polar surface area (TPSA) is 90.7 Å². The third-order valence-corrected chi connectivity index (χ3v) is 5.72. The molecule has 1 saturated carbocycles. The molecule has 1 fully saturated rings. The van der Waals surface area contributed by atoms with Gasteiger partial charge >= 0.3 is 0 Å². The molecule has 7 nitrogen and oxygen atoms in total. The number of para-hydroxylation sites is 1. The summed E-state index contributed by atoms with van der Waals surface area (Å²) >= 11 is 0. The van der Waals surface area contributed by atoms with Gasteiger partial charge in [-0.2, -0.15) is 4.98 Å². The Bertz CT molecular complexity index is 1020. The van der Waals surface area contributed by atoms with Crippen LogP contribution in [0.4, 0.5) is 11.8 Å². The zero-order valence-electron chi connectivity index (χ0n) is 17.4. The van der Waals surface area contributed by atoms with Crippen molar-refractivity contribution < 1.29 is 14.9 Å². The number of aromatic nitrogens is 2. The smallest absolute Gasteiger partial charge is 0.227 e. The molecule has 0 saturated heterocycles. The average molecular weight is 409 g/mol. The molecule has 1 aliphatic rings. The summed E-state index contributed by atoms with van der Waals surface area (Å²) in [5, 5.41) is 24.1. The highest BCUT2D eigenvalue weighted by atomic mass is 16.5. The second kappa shape index (κ2) is 8.75. The summed E-state index contributed by atoms with van der Waals surface area (Å²) in [4.78, 5) is 11.5. The number of hydrogen-bond acceptors (Lipinski definition) is 7. The highest BCUT2D eigenvalue weighted by Gasteiger charge is 2.20. The predicted molar refractivity (Wildman–Crippen MR) is 118 cm³/mol. The van der Waals surface area contributed by atoms with Gasteiger partial charge in [-0.1, -0.05) is 31.0 Å². The van der Waals surface area contributed by atoms with Crippen LogP contribution >= 0.6 is 0 Å². The standard InChI is InChI=1S/C23H28N4O3/c1-27(14-21(30-2)15-11-12-19(28)20(29)13-15)23-25-18-10-6-5-9-17(18)22(26-23)24-16-7-3-4-8-16/h5-6,9-13,16,21,28-29H,3-4,7-8,14H2,1-2H3,(H,24,25,26). The molecule has 3 N–H and O–H groups in total. The van der Waals surface area contributed by atoms with E-state index in [1.165, 1.54) is 37.8 Å². The van der Waals surface area contributed by atoms with E-state index < -0.39 is 0 Å². The highest BCUT2D eigenvalue weighted by molar-refractivity contribution is 5.90. The molecular weight excluding hydrogens is 380 g/mol. The first-order chi connectivity index (χ1) is 14.5. The van der Waals surface area contributed by atoms with Crippen molar-refractivity contribution in [1.29, 1.82) is 0 Å². The molecule has 0 aliphatic heterocycles. The highest BCUT2D eigenvalue weighted by Crippen LogP contribution is 2.31. The number of fused-ring (bicyclic) bond motifs is 1. The Morgan fingerprint density at radius 1 is 1.10 bits per heavy atom. The van der Waals surface area contributed by atoms with Gasteiger partial charge in [0.05, 0.1) is 18.2 Å². The van der Waals surface area contributed by atoms with Gasteiger partial charge in [-0.05, 0) is 42.7 Å². The fourth-order valence-corrected chi connectivity index (χ4v) is 4.00. The van der Waals surface area contributed by atoms with E-state index in [1.807, 2.05) is 36.2 Å². The lowest BCUT2D eigenvalue weighted by atomic mass is 10.1. The molecule has 1 aromatic heterocycles. The number of nitrogens with one attached hydrogen (secondary N) is 1. The Balaban J connectivity index is 1.61. The van der Waals surface area contributed by atoms with E-state index in [0.717, 1.165) is 22.3 Å². The summed E-state index contributed by atoms with van der Waals surface area (Å²) < 4.78 is 5.64. The van der Waals surface area contributed by atoms with Gasteiger partial charge in [-0.25, -0.2) is 4.98 Å². The number of ether oxygens (including phenoxy) is 1. The van der Waals surface area contributed by atoms with Crippen LogP contribution in [0.25, 0.3) is 10.9 Å². The lowest BCUT2D eigenvalue weighted by molar-refractivity contribution is 0.109. The third-order valence-electron chi connectivity index (χ3n) is 5.72. The summed E-state index contributed by atoms with van der Waals surface area (Å²) in [5.41, 5.74) is 1.66. The molecule has 158 valence electrons. The summed E-state index contributed by atoms with van der Waals surface area (Å²) in [5.74, 6) is 1.16. The van der Waals surface area contributed by atoms with Crippen molar-refractivity contribution in [2.45, 2.75) is 37.8 Å². The van der Waals surface area contributed by atoms with E-state index in [1.54, 1.807) is 13.2 Å². The van der Waals surface area contributed by atoms with Crippen LogP contribution in [0.5, 0.6) is 11.5 Å². The predicted octanol–water partition coefficient (Wildman–Crippen LogP) is 4.22. The second-order valence-electron chi connectivity index (χ2n) is 7.87. The van der Waals surface area contributed by atoms with Gasteiger partial charge in [0.2, 0.25) is 5.95 Å². The summed E-state index contributed by atoms with van der Waals surface area (Å²) in [6.07, 6.45) is 4.52. The minimum atomic E-state index is -0.317. The zero-order chi connectivity index (χ0) is 21.1. The molecule has 2 aromatic carbocycles. The van der Waals surface area contributed by atoms with E-state index in [2.05, 4.69) is 5.32 Å². The molecular formula is C23H28N4O3. The molecule has 7 heteroatoms. The van der Waals surface area contributed by atoms with Crippen LogP contribution in [-0.2, 0) is 4.74 Å². The second-order valence-corrected chi connectivity index (χ2v) is 7.87. The first kappa shape index (κ1) is 20.2. The van der Waals surface area contributed by atoms with E-state index in [0.29, 0.717) is 18.5 Å². The van der Waals surface area contributed by atoms with Crippen molar-refractivity contribution >= 4 is 22.7 Å². The molecule has 4 rings (SSSR count). The summed E-state index contributed by atoms with van der Waals surface area (Å²) in [6, 6.07) is 13.2. The van der Waals surface area contributed by atoms with Crippen molar-refractivity contribution in [3.63, 3.8) is 0 Å². The normalized spacial score (nSPS) is 15.4. The fraction of sp³-hybridized carbons (Fsp3) is 0.391. The van der Waals surface area contributed by atoms with E-state index in [-0.39, 0.29) is 17.6 Å². The molecule has 30 heavy (non-hydrogen) atoms. The molecule has 1 aliphatic carbocycles. The number of hydrogen-bond donors (Lipinski definition) is 3. The van der Waals surface area contributed by atoms with Gasteiger partial charge in [0, 0.05) is 25.6 Å². The lowest BCUT2D eigenvalue weighted by Gasteiger charge is -2.25. The molecule has 1 heterocycles. The monoisotopic (exact) mass is 408 g/mol. The maximum atomic E-state index is 9.83. The molecule has 0 radical (unpaired) electrons. The van der Waals surface area contributed by atoms with Crippen molar-refractivity contribution in [3.05, 3.63) is 48.0 Å². The van der Waals surface area contributed by atoms with Gasteiger partial charge in [-0.3, -0.25) is 0 Å². The van der Waals surface area contributed by atoms with Crippen molar-refractivity contribution in [3.8, 4) is 11.5 Å². The van der Waals surface area contributed by atoms with E-state index >= 15 is 0 Å². The van der Waals surface area contributed by atoms with Gasteiger partial charge in [0.25, 0.3) is 0 Å². The number of phenols is 2. The van der Waals surface area contributed by atoms with Crippen LogP contribution in [0.3, 0.4) is 0 Å². The number of anilines is 2. The minimum Gasteiger partial charge on any atom is -0.504 e. The Labute approximate surface area is 176 Å². The number of nitrogens with zero attached hydrogens (tertiary/aromatic N) is 3. The first-order valence-corrected chi connectivity index (χ1v) is 10.3. The van der Waals surface area contributed by atoms with Gasteiger partial charge < -0.3 is 25.2 Å².